The van der Waals surface area contributed by atoms with E-state index in [0.29, 0.717) is 5.92 Å². The molecule has 2 heterocycles. The average Bonchev–Trinajstić information content (AvgIpc) is 2.78. The summed E-state index contributed by atoms with van der Waals surface area (Å²) in [7, 11) is 0. The number of aryl methyl sites for hydroxylation is 1. The summed E-state index contributed by atoms with van der Waals surface area (Å²) in [5, 5.41) is 3.48. The number of piperidine rings is 1. The predicted molar refractivity (Wildman–Crippen MR) is 96.3 cm³/mol. The number of rotatable bonds is 1. The second-order valence-corrected chi connectivity index (χ2v) is 8.05. The van der Waals surface area contributed by atoms with Gasteiger partial charge in [-0.05, 0) is 75.6 Å². The van der Waals surface area contributed by atoms with Crippen molar-refractivity contribution in [2.45, 2.75) is 64.5 Å². The van der Waals surface area contributed by atoms with Crippen LogP contribution in [0.2, 0.25) is 0 Å². The molecular formula is C20H30N2O2. The third-order valence-corrected chi connectivity index (χ3v) is 4.96. The Balaban J connectivity index is 1.61. The van der Waals surface area contributed by atoms with Gasteiger partial charge < -0.3 is 15.0 Å². The minimum atomic E-state index is -0.418. The first-order valence-corrected chi connectivity index (χ1v) is 9.23. The Hall–Kier alpha value is -1.55. The minimum absolute atomic E-state index is 0.172. The first-order chi connectivity index (χ1) is 11.4. The van der Waals surface area contributed by atoms with Crippen molar-refractivity contribution in [1.29, 1.82) is 0 Å². The molecule has 0 aliphatic carbocycles. The summed E-state index contributed by atoms with van der Waals surface area (Å²) in [6.45, 7) is 9.44. The SMILES string of the molecule is CC(C)(C)OC(=O)N1CCC(c2ccc3c(c2)CCCNC3)CC1. The second-order valence-electron chi connectivity index (χ2n) is 8.05. The zero-order chi connectivity index (χ0) is 17.2. The number of hydrogen-bond acceptors (Lipinski definition) is 3. The number of carbonyl (C=O) groups is 1. The van der Waals surface area contributed by atoms with Crippen LogP contribution in [0.5, 0.6) is 0 Å². The van der Waals surface area contributed by atoms with Gasteiger partial charge in [0.15, 0.2) is 0 Å². The smallest absolute Gasteiger partial charge is 0.410 e. The second kappa shape index (κ2) is 7.14. The number of fused-ring (bicyclic) bond motifs is 1. The van der Waals surface area contributed by atoms with Crippen LogP contribution in [0.4, 0.5) is 4.79 Å². The summed E-state index contributed by atoms with van der Waals surface area (Å²) in [5.74, 6) is 0.560. The molecule has 3 rings (SSSR count). The highest BCUT2D eigenvalue weighted by molar-refractivity contribution is 5.68. The lowest BCUT2D eigenvalue weighted by Crippen LogP contribution is -2.41. The Morgan fingerprint density at radius 1 is 1.21 bits per heavy atom. The van der Waals surface area contributed by atoms with Gasteiger partial charge in [-0.1, -0.05) is 18.2 Å². The Bertz CT molecular complexity index is 584. The zero-order valence-electron chi connectivity index (χ0n) is 15.2. The number of likely N-dealkylation sites (tertiary alicyclic amines) is 1. The number of benzene rings is 1. The van der Waals surface area contributed by atoms with E-state index in [9.17, 15) is 4.79 Å². The fraction of sp³-hybridized carbons (Fsp3) is 0.650. The van der Waals surface area contributed by atoms with Crippen LogP contribution in [0.15, 0.2) is 18.2 Å². The van der Waals surface area contributed by atoms with Crippen molar-refractivity contribution >= 4 is 6.09 Å². The molecule has 1 fully saturated rings. The maximum Gasteiger partial charge on any atom is 0.410 e. The predicted octanol–water partition coefficient (Wildman–Crippen LogP) is 3.84. The molecule has 4 nitrogen and oxygen atoms in total. The van der Waals surface area contributed by atoms with Crippen LogP contribution in [-0.4, -0.2) is 36.2 Å². The molecule has 0 unspecified atom stereocenters. The molecule has 0 atom stereocenters. The van der Waals surface area contributed by atoms with Crippen molar-refractivity contribution in [3.05, 3.63) is 34.9 Å². The van der Waals surface area contributed by atoms with Gasteiger partial charge in [-0.2, -0.15) is 0 Å². The maximum atomic E-state index is 12.2. The van der Waals surface area contributed by atoms with E-state index in [1.807, 2.05) is 25.7 Å². The van der Waals surface area contributed by atoms with Crippen LogP contribution in [0.25, 0.3) is 0 Å². The summed E-state index contributed by atoms with van der Waals surface area (Å²) in [5.41, 5.74) is 3.98. The Labute approximate surface area is 145 Å². The lowest BCUT2D eigenvalue weighted by Gasteiger charge is -2.33. The van der Waals surface area contributed by atoms with E-state index in [4.69, 9.17) is 4.74 Å². The van der Waals surface area contributed by atoms with E-state index in [2.05, 4.69) is 23.5 Å². The topological polar surface area (TPSA) is 41.6 Å². The fourth-order valence-electron chi connectivity index (χ4n) is 3.65. The molecule has 2 aliphatic heterocycles. The van der Waals surface area contributed by atoms with Crippen LogP contribution in [0, 0.1) is 0 Å². The van der Waals surface area contributed by atoms with Crippen molar-refractivity contribution in [1.82, 2.24) is 10.2 Å². The summed E-state index contributed by atoms with van der Waals surface area (Å²) >= 11 is 0. The molecule has 1 N–H and O–H groups in total. The average molecular weight is 330 g/mol. The fourth-order valence-corrected chi connectivity index (χ4v) is 3.65. The van der Waals surface area contributed by atoms with Gasteiger partial charge in [-0.15, -0.1) is 0 Å². The van der Waals surface area contributed by atoms with Gasteiger partial charge in [0.2, 0.25) is 0 Å². The molecule has 132 valence electrons. The number of ether oxygens (including phenoxy) is 1. The van der Waals surface area contributed by atoms with E-state index >= 15 is 0 Å². The minimum Gasteiger partial charge on any atom is -0.444 e. The molecule has 4 heteroatoms. The molecule has 24 heavy (non-hydrogen) atoms. The summed E-state index contributed by atoms with van der Waals surface area (Å²) in [6, 6.07) is 7.00. The molecule has 1 aromatic carbocycles. The first kappa shape index (κ1) is 17.3. The molecule has 1 aromatic rings. The van der Waals surface area contributed by atoms with Gasteiger partial charge in [0.05, 0.1) is 0 Å². The van der Waals surface area contributed by atoms with Crippen molar-refractivity contribution in [3.8, 4) is 0 Å². The van der Waals surface area contributed by atoms with Crippen LogP contribution < -0.4 is 5.32 Å². The summed E-state index contributed by atoms with van der Waals surface area (Å²) < 4.78 is 5.49. The first-order valence-electron chi connectivity index (χ1n) is 9.23. The highest BCUT2D eigenvalue weighted by Crippen LogP contribution is 2.30. The van der Waals surface area contributed by atoms with Crippen LogP contribution in [0.3, 0.4) is 0 Å². The van der Waals surface area contributed by atoms with Gasteiger partial charge in [-0.3, -0.25) is 0 Å². The third-order valence-electron chi connectivity index (χ3n) is 4.96. The van der Waals surface area contributed by atoms with E-state index in [0.717, 1.165) is 39.0 Å². The lowest BCUT2D eigenvalue weighted by atomic mass is 9.87. The lowest BCUT2D eigenvalue weighted by molar-refractivity contribution is 0.0205. The molecule has 1 amide bonds. The summed E-state index contributed by atoms with van der Waals surface area (Å²) in [4.78, 5) is 14.0. The maximum absolute atomic E-state index is 12.2. The molecule has 0 bridgehead atoms. The number of nitrogens with zero attached hydrogens (tertiary/aromatic N) is 1. The van der Waals surface area contributed by atoms with E-state index in [-0.39, 0.29) is 6.09 Å². The molecule has 0 aromatic heterocycles. The molecule has 0 radical (unpaired) electrons. The quantitative estimate of drug-likeness (QED) is 0.851. The van der Waals surface area contributed by atoms with Crippen molar-refractivity contribution in [2.75, 3.05) is 19.6 Å². The van der Waals surface area contributed by atoms with Gasteiger partial charge in [0.1, 0.15) is 5.60 Å². The van der Waals surface area contributed by atoms with Gasteiger partial charge in [0, 0.05) is 19.6 Å². The van der Waals surface area contributed by atoms with E-state index in [1.54, 1.807) is 0 Å². The normalized spacial score (nSPS) is 19.5. The number of nitrogens with one attached hydrogen (secondary N) is 1. The molecule has 0 spiro atoms. The molecule has 1 saturated heterocycles. The Morgan fingerprint density at radius 2 is 1.96 bits per heavy atom. The Kier molecular flexibility index (Phi) is 5.14. The van der Waals surface area contributed by atoms with Crippen molar-refractivity contribution in [3.63, 3.8) is 0 Å². The molecular weight excluding hydrogens is 300 g/mol. The highest BCUT2D eigenvalue weighted by Gasteiger charge is 2.27. The number of amides is 1. The van der Waals surface area contributed by atoms with Crippen molar-refractivity contribution < 1.29 is 9.53 Å². The Morgan fingerprint density at radius 3 is 2.67 bits per heavy atom. The van der Waals surface area contributed by atoms with Gasteiger partial charge in [0.25, 0.3) is 0 Å². The number of carbonyl (C=O) groups excluding carboxylic acids is 1. The highest BCUT2D eigenvalue weighted by atomic mass is 16.6. The van der Waals surface area contributed by atoms with Gasteiger partial charge >= 0.3 is 6.09 Å². The largest absolute Gasteiger partial charge is 0.444 e. The third kappa shape index (κ3) is 4.29. The standard InChI is InChI=1S/C20H30N2O2/c1-20(2,3)24-19(23)22-11-8-15(9-12-22)17-6-7-18-14-21-10-4-5-16(18)13-17/h6-7,13,15,21H,4-5,8-12,14H2,1-3H3. The van der Waals surface area contributed by atoms with Crippen LogP contribution in [0.1, 0.15) is 62.6 Å². The van der Waals surface area contributed by atoms with E-state index < -0.39 is 5.60 Å². The van der Waals surface area contributed by atoms with Crippen LogP contribution >= 0.6 is 0 Å². The number of hydrogen-bond donors (Lipinski definition) is 1. The molecule has 0 saturated carbocycles. The van der Waals surface area contributed by atoms with E-state index in [1.165, 1.54) is 29.5 Å². The monoisotopic (exact) mass is 330 g/mol. The molecule has 2 aliphatic rings. The summed E-state index contributed by atoms with van der Waals surface area (Å²) in [6.07, 6.45) is 4.27. The zero-order valence-corrected chi connectivity index (χ0v) is 15.2. The van der Waals surface area contributed by atoms with Crippen molar-refractivity contribution in [2.24, 2.45) is 0 Å². The van der Waals surface area contributed by atoms with Gasteiger partial charge in [-0.25, -0.2) is 4.79 Å². The van der Waals surface area contributed by atoms with Crippen LogP contribution in [-0.2, 0) is 17.7 Å².